The first-order chi connectivity index (χ1) is 11.0. The van der Waals surface area contributed by atoms with Gasteiger partial charge in [-0.25, -0.2) is 0 Å². The molecule has 1 aromatic carbocycles. The number of benzene rings is 1. The van der Waals surface area contributed by atoms with E-state index < -0.39 is 0 Å². The Bertz CT molecular complexity index is 509. The van der Waals surface area contributed by atoms with Crippen molar-refractivity contribution in [3.05, 3.63) is 29.8 Å². The Morgan fingerprint density at radius 2 is 2.00 bits per heavy atom. The summed E-state index contributed by atoms with van der Waals surface area (Å²) in [5, 5.41) is 0. The molecule has 1 heterocycles. The maximum atomic E-state index is 12.9. The van der Waals surface area contributed by atoms with E-state index in [9.17, 15) is 4.79 Å². The van der Waals surface area contributed by atoms with Crippen molar-refractivity contribution in [1.29, 1.82) is 0 Å². The first kappa shape index (κ1) is 17.8. The van der Waals surface area contributed by atoms with Crippen molar-refractivity contribution in [2.24, 2.45) is 0 Å². The maximum Gasteiger partial charge on any atom is 0.223 e. The Labute approximate surface area is 139 Å². The number of hydrogen-bond donors (Lipinski definition) is 0. The largest absolute Gasteiger partial charge is 0.497 e. The maximum absolute atomic E-state index is 12.9. The fourth-order valence-corrected chi connectivity index (χ4v) is 3.31. The molecule has 0 bridgehead atoms. The zero-order chi connectivity index (χ0) is 16.8. The van der Waals surface area contributed by atoms with Gasteiger partial charge in [0.2, 0.25) is 5.91 Å². The van der Waals surface area contributed by atoms with Gasteiger partial charge in [0.05, 0.1) is 7.11 Å². The molecule has 1 fully saturated rings. The number of amides is 1. The Morgan fingerprint density at radius 3 is 2.61 bits per heavy atom. The Morgan fingerprint density at radius 1 is 1.30 bits per heavy atom. The average molecular weight is 319 g/mol. The molecular formula is C19H29NO3. The second-order valence-corrected chi connectivity index (χ2v) is 6.62. The van der Waals surface area contributed by atoms with E-state index in [1.807, 2.05) is 18.2 Å². The van der Waals surface area contributed by atoms with Crippen molar-refractivity contribution in [2.75, 3.05) is 20.3 Å². The minimum absolute atomic E-state index is 0.179. The summed E-state index contributed by atoms with van der Waals surface area (Å²) in [6.07, 6.45) is 2.41. The van der Waals surface area contributed by atoms with Crippen LogP contribution in [0.2, 0.25) is 0 Å². The second-order valence-electron chi connectivity index (χ2n) is 6.62. The van der Waals surface area contributed by atoms with E-state index >= 15 is 0 Å². The van der Waals surface area contributed by atoms with Crippen LogP contribution in [0.3, 0.4) is 0 Å². The molecule has 0 aromatic heterocycles. The SMILES string of the molecule is COc1cccc([C@H](C)CC(=O)N(C(C)C)C2CCOCC2)c1. The summed E-state index contributed by atoms with van der Waals surface area (Å²) in [5.41, 5.74) is 1.15. The molecule has 4 nitrogen and oxygen atoms in total. The molecule has 23 heavy (non-hydrogen) atoms. The van der Waals surface area contributed by atoms with Gasteiger partial charge in [0, 0.05) is 31.7 Å². The van der Waals surface area contributed by atoms with Crippen molar-refractivity contribution in [3.8, 4) is 5.75 Å². The Hall–Kier alpha value is -1.55. The predicted molar refractivity (Wildman–Crippen MR) is 91.8 cm³/mol. The summed E-state index contributed by atoms with van der Waals surface area (Å²) in [6, 6.07) is 8.53. The minimum atomic E-state index is 0.179. The number of carbonyl (C=O) groups is 1. The number of ether oxygens (including phenoxy) is 2. The molecule has 1 atom stereocenters. The quantitative estimate of drug-likeness (QED) is 0.804. The zero-order valence-corrected chi connectivity index (χ0v) is 14.7. The van der Waals surface area contributed by atoms with E-state index in [1.54, 1.807) is 7.11 Å². The van der Waals surface area contributed by atoms with Crippen LogP contribution in [-0.2, 0) is 9.53 Å². The molecule has 1 saturated heterocycles. The van der Waals surface area contributed by atoms with E-state index in [0.717, 1.165) is 37.4 Å². The molecule has 0 unspecified atom stereocenters. The molecule has 1 amide bonds. The van der Waals surface area contributed by atoms with E-state index in [4.69, 9.17) is 9.47 Å². The van der Waals surface area contributed by atoms with E-state index in [-0.39, 0.29) is 17.9 Å². The van der Waals surface area contributed by atoms with Crippen molar-refractivity contribution in [1.82, 2.24) is 4.90 Å². The molecule has 0 saturated carbocycles. The van der Waals surface area contributed by atoms with Crippen LogP contribution in [-0.4, -0.2) is 43.2 Å². The van der Waals surface area contributed by atoms with Crippen LogP contribution in [0.25, 0.3) is 0 Å². The first-order valence-electron chi connectivity index (χ1n) is 8.55. The molecule has 0 radical (unpaired) electrons. The molecule has 1 aromatic rings. The predicted octanol–water partition coefficient (Wildman–Crippen LogP) is 3.60. The van der Waals surface area contributed by atoms with Crippen LogP contribution in [0.5, 0.6) is 5.75 Å². The van der Waals surface area contributed by atoms with Gasteiger partial charge in [-0.1, -0.05) is 19.1 Å². The third-order valence-electron chi connectivity index (χ3n) is 4.57. The summed E-state index contributed by atoms with van der Waals surface area (Å²) in [4.78, 5) is 14.9. The van der Waals surface area contributed by atoms with Crippen LogP contribution in [0.1, 0.15) is 51.5 Å². The molecule has 1 aliphatic rings. The van der Waals surface area contributed by atoms with Gasteiger partial charge >= 0.3 is 0 Å². The number of rotatable bonds is 6. The standard InChI is InChI=1S/C19H29NO3/c1-14(2)20(17-8-10-23-11-9-17)19(21)12-15(3)16-6-5-7-18(13-16)22-4/h5-7,13-15,17H,8-12H2,1-4H3/t15-/m1/s1. The Kier molecular flexibility index (Phi) is 6.46. The van der Waals surface area contributed by atoms with Crippen LogP contribution < -0.4 is 4.74 Å². The van der Waals surface area contributed by atoms with E-state index in [1.165, 1.54) is 0 Å². The lowest BCUT2D eigenvalue weighted by molar-refractivity contribution is -0.138. The van der Waals surface area contributed by atoms with Crippen molar-refractivity contribution >= 4 is 5.91 Å². The van der Waals surface area contributed by atoms with Gasteiger partial charge in [-0.3, -0.25) is 4.79 Å². The van der Waals surface area contributed by atoms with Gasteiger partial charge in [-0.05, 0) is 50.3 Å². The number of nitrogens with zero attached hydrogens (tertiary/aromatic N) is 1. The lowest BCUT2D eigenvalue weighted by Gasteiger charge is -2.38. The normalized spacial score (nSPS) is 17.1. The lowest BCUT2D eigenvalue weighted by Crippen LogP contribution is -2.47. The molecule has 4 heteroatoms. The number of carbonyl (C=O) groups excluding carboxylic acids is 1. The van der Waals surface area contributed by atoms with Crippen LogP contribution >= 0.6 is 0 Å². The van der Waals surface area contributed by atoms with Gasteiger partial charge in [0.25, 0.3) is 0 Å². The van der Waals surface area contributed by atoms with E-state index in [0.29, 0.717) is 12.5 Å². The minimum Gasteiger partial charge on any atom is -0.497 e. The first-order valence-corrected chi connectivity index (χ1v) is 8.55. The number of methoxy groups -OCH3 is 1. The molecule has 1 aliphatic heterocycles. The topological polar surface area (TPSA) is 38.8 Å². The summed E-state index contributed by atoms with van der Waals surface area (Å²) in [6.45, 7) is 7.82. The second kappa shape index (κ2) is 8.34. The lowest BCUT2D eigenvalue weighted by atomic mass is 9.95. The number of hydrogen-bond acceptors (Lipinski definition) is 3. The molecule has 0 N–H and O–H groups in total. The summed E-state index contributed by atoms with van der Waals surface area (Å²) < 4.78 is 10.7. The summed E-state index contributed by atoms with van der Waals surface area (Å²) >= 11 is 0. The molecular weight excluding hydrogens is 290 g/mol. The highest BCUT2D eigenvalue weighted by Gasteiger charge is 2.28. The van der Waals surface area contributed by atoms with Crippen molar-refractivity contribution < 1.29 is 14.3 Å². The summed E-state index contributed by atoms with van der Waals surface area (Å²) in [7, 11) is 1.67. The smallest absolute Gasteiger partial charge is 0.223 e. The molecule has 0 spiro atoms. The van der Waals surface area contributed by atoms with E-state index in [2.05, 4.69) is 31.7 Å². The van der Waals surface area contributed by atoms with Gasteiger partial charge in [0.1, 0.15) is 5.75 Å². The monoisotopic (exact) mass is 319 g/mol. The third-order valence-corrected chi connectivity index (χ3v) is 4.57. The van der Waals surface area contributed by atoms with Crippen LogP contribution in [0.15, 0.2) is 24.3 Å². The van der Waals surface area contributed by atoms with Crippen molar-refractivity contribution in [3.63, 3.8) is 0 Å². The third kappa shape index (κ3) is 4.71. The fraction of sp³-hybridized carbons (Fsp3) is 0.632. The molecule has 2 rings (SSSR count). The summed E-state index contributed by atoms with van der Waals surface area (Å²) in [5.74, 6) is 1.26. The van der Waals surface area contributed by atoms with Gasteiger partial charge in [-0.2, -0.15) is 0 Å². The highest BCUT2D eigenvalue weighted by atomic mass is 16.5. The van der Waals surface area contributed by atoms with Crippen molar-refractivity contribution in [2.45, 2.75) is 58.0 Å². The Balaban J connectivity index is 2.04. The van der Waals surface area contributed by atoms with Gasteiger partial charge in [-0.15, -0.1) is 0 Å². The van der Waals surface area contributed by atoms with Crippen LogP contribution in [0.4, 0.5) is 0 Å². The fourth-order valence-electron chi connectivity index (χ4n) is 3.31. The molecule has 128 valence electrons. The highest BCUT2D eigenvalue weighted by Crippen LogP contribution is 2.26. The zero-order valence-electron chi connectivity index (χ0n) is 14.7. The van der Waals surface area contributed by atoms with Gasteiger partial charge in [0.15, 0.2) is 0 Å². The highest BCUT2D eigenvalue weighted by molar-refractivity contribution is 5.77. The van der Waals surface area contributed by atoms with Gasteiger partial charge < -0.3 is 14.4 Å². The molecule has 0 aliphatic carbocycles. The average Bonchev–Trinajstić information content (AvgIpc) is 2.55. The van der Waals surface area contributed by atoms with Crippen LogP contribution in [0, 0.1) is 0 Å².